The Balaban J connectivity index is 2.26. The SMILES string of the molecule is CCCNC(c1ccsc1)c1cc(C)c(C)s1. The first-order valence-corrected chi connectivity index (χ1v) is 7.80. The smallest absolute Gasteiger partial charge is 0.0679 e. The van der Waals surface area contributed by atoms with Crippen molar-refractivity contribution in [3.63, 3.8) is 0 Å². The normalized spacial score (nSPS) is 12.9. The summed E-state index contributed by atoms with van der Waals surface area (Å²) >= 11 is 3.68. The summed E-state index contributed by atoms with van der Waals surface area (Å²) in [5, 5.41) is 8.05. The number of rotatable bonds is 5. The topological polar surface area (TPSA) is 12.0 Å². The van der Waals surface area contributed by atoms with Crippen LogP contribution in [0, 0.1) is 13.8 Å². The lowest BCUT2D eigenvalue weighted by Gasteiger charge is -2.15. The van der Waals surface area contributed by atoms with Gasteiger partial charge in [-0.1, -0.05) is 6.92 Å². The molecule has 0 aliphatic rings. The largest absolute Gasteiger partial charge is 0.306 e. The molecule has 2 aromatic rings. The second-order valence-electron chi connectivity index (χ2n) is 4.33. The molecule has 1 N–H and O–H groups in total. The minimum Gasteiger partial charge on any atom is -0.306 e. The van der Waals surface area contributed by atoms with E-state index >= 15 is 0 Å². The number of hydrogen-bond acceptors (Lipinski definition) is 3. The van der Waals surface area contributed by atoms with E-state index in [9.17, 15) is 0 Å². The van der Waals surface area contributed by atoms with E-state index in [-0.39, 0.29) is 0 Å². The third-order valence-electron chi connectivity index (χ3n) is 2.94. The van der Waals surface area contributed by atoms with Crippen molar-refractivity contribution >= 4 is 22.7 Å². The zero-order valence-electron chi connectivity index (χ0n) is 10.6. The number of nitrogens with one attached hydrogen (secondary N) is 1. The zero-order valence-corrected chi connectivity index (χ0v) is 12.3. The highest BCUT2D eigenvalue weighted by Crippen LogP contribution is 2.31. The molecule has 0 aromatic carbocycles. The highest BCUT2D eigenvalue weighted by molar-refractivity contribution is 7.12. The van der Waals surface area contributed by atoms with E-state index in [1.54, 1.807) is 11.3 Å². The molecule has 0 radical (unpaired) electrons. The van der Waals surface area contributed by atoms with Gasteiger partial charge < -0.3 is 5.32 Å². The Kier molecular flexibility index (Phi) is 4.37. The van der Waals surface area contributed by atoms with Gasteiger partial charge >= 0.3 is 0 Å². The Bertz CT molecular complexity index is 437. The summed E-state index contributed by atoms with van der Waals surface area (Å²) in [5.41, 5.74) is 2.80. The number of aryl methyl sites for hydroxylation is 2. The van der Waals surface area contributed by atoms with E-state index in [0.717, 1.165) is 6.54 Å². The summed E-state index contributed by atoms with van der Waals surface area (Å²) in [4.78, 5) is 2.87. The average molecular weight is 265 g/mol. The van der Waals surface area contributed by atoms with Gasteiger partial charge in [-0.15, -0.1) is 11.3 Å². The quantitative estimate of drug-likeness (QED) is 0.838. The molecule has 17 heavy (non-hydrogen) atoms. The molecule has 2 aromatic heterocycles. The number of thiophene rings is 2. The predicted molar refractivity (Wildman–Crippen MR) is 78.2 cm³/mol. The van der Waals surface area contributed by atoms with Gasteiger partial charge in [0.05, 0.1) is 6.04 Å². The molecule has 0 bridgehead atoms. The van der Waals surface area contributed by atoms with Gasteiger partial charge in [0, 0.05) is 9.75 Å². The van der Waals surface area contributed by atoms with Crippen molar-refractivity contribution in [2.24, 2.45) is 0 Å². The fraction of sp³-hybridized carbons (Fsp3) is 0.429. The van der Waals surface area contributed by atoms with Crippen LogP contribution in [0.1, 0.15) is 40.3 Å². The van der Waals surface area contributed by atoms with E-state index in [4.69, 9.17) is 0 Å². The van der Waals surface area contributed by atoms with Crippen molar-refractivity contribution in [3.8, 4) is 0 Å². The summed E-state index contributed by atoms with van der Waals surface area (Å²) in [7, 11) is 0. The number of hydrogen-bond donors (Lipinski definition) is 1. The van der Waals surface area contributed by atoms with Crippen LogP contribution in [-0.2, 0) is 0 Å². The summed E-state index contributed by atoms with van der Waals surface area (Å²) in [6, 6.07) is 4.92. The molecule has 0 amide bonds. The molecule has 1 nitrogen and oxygen atoms in total. The Labute approximate surface area is 112 Å². The minimum absolute atomic E-state index is 0.374. The van der Waals surface area contributed by atoms with Crippen LogP contribution in [0.3, 0.4) is 0 Å². The maximum atomic E-state index is 3.65. The second kappa shape index (κ2) is 5.80. The van der Waals surface area contributed by atoms with Crippen molar-refractivity contribution in [2.75, 3.05) is 6.54 Å². The average Bonchev–Trinajstić information content (AvgIpc) is 2.92. The Morgan fingerprint density at radius 2 is 2.18 bits per heavy atom. The summed E-state index contributed by atoms with van der Waals surface area (Å²) < 4.78 is 0. The molecule has 0 saturated carbocycles. The van der Waals surface area contributed by atoms with Crippen molar-refractivity contribution in [2.45, 2.75) is 33.2 Å². The monoisotopic (exact) mass is 265 g/mol. The van der Waals surface area contributed by atoms with Crippen LogP contribution < -0.4 is 5.32 Å². The molecule has 92 valence electrons. The molecule has 0 aliphatic carbocycles. The molecule has 0 saturated heterocycles. The highest BCUT2D eigenvalue weighted by Gasteiger charge is 2.16. The molecule has 0 spiro atoms. The maximum Gasteiger partial charge on any atom is 0.0679 e. The van der Waals surface area contributed by atoms with Crippen molar-refractivity contribution in [3.05, 3.63) is 43.8 Å². The van der Waals surface area contributed by atoms with Gasteiger partial charge in [0.15, 0.2) is 0 Å². The minimum atomic E-state index is 0.374. The van der Waals surface area contributed by atoms with Crippen LogP contribution in [0.25, 0.3) is 0 Å². The predicted octanol–water partition coefficient (Wildman–Crippen LogP) is 4.52. The van der Waals surface area contributed by atoms with Crippen LogP contribution in [0.4, 0.5) is 0 Å². The van der Waals surface area contributed by atoms with E-state index in [0.29, 0.717) is 6.04 Å². The molecule has 1 atom stereocenters. The molecule has 2 heterocycles. The third-order valence-corrected chi connectivity index (χ3v) is 4.86. The zero-order chi connectivity index (χ0) is 12.3. The van der Waals surface area contributed by atoms with Crippen LogP contribution in [0.5, 0.6) is 0 Å². The molecule has 3 heteroatoms. The standard InChI is InChI=1S/C14H19NS2/c1-4-6-15-14(12-5-7-16-9-12)13-8-10(2)11(3)17-13/h5,7-9,14-15H,4,6H2,1-3H3. The van der Waals surface area contributed by atoms with Crippen molar-refractivity contribution in [1.29, 1.82) is 0 Å². The van der Waals surface area contributed by atoms with Gasteiger partial charge in [-0.25, -0.2) is 0 Å². The molecule has 1 unspecified atom stereocenters. The van der Waals surface area contributed by atoms with Gasteiger partial charge in [0.2, 0.25) is 0 Å². The van der Waals surface area contributed by atoms with Crippen molar-refractivity contribution in [1.82, 2.24) is 5.32 Å². The lowest BCUT2D eigenvalue weighted by atomic mass is 10.1. The third kappa shape index (κ3) is 2.97. The van der Waals surface area contributed by atoms with Gasteiger partial charge in [0.1, 0.15) is 0 Å². The van der Waals surface area contributed by atoms with E-state index in [2.05, 4.69) is 49.0 Å². The molecule has 0 fully saturated rings. The first-order chi connectivity index (χ1) is 8.22. The Morgan fingerprint density at radius 1 is 1.35 bits per heavy atom. The van der Waals surface area contributed by atoms with Crippen molar-refractivity contribution < 1.29 is 0 Å². The lowest BCUT2D eigenvalue weighted by Crippen LogP contribution is -2.21. The van der Waals surface area contributed by atoms with E-state index < -0.39 is 0 Å². The molecule has 0 aliphatic heterocycles. The van der Waals surface area contributed by atoms with E-state index in [1.807, 2.05) is 11.3 Å². The Morgan fingerprint density at radius 3 is 2.71 bits per heavy atom. The lowest BCUT2D eigenvalue weighted by molar-refractivity contribution is 0.607. The highest BCUT2D eigenvalue weighted by atomic mass is 32.1. The maximum absolute atomic E-state index is 3.65. The van der Waals surface area contributed by atoms with Crippen LogP contribution >= 0.6 is 22.7 Å². The van der Waals surface area contributed by atoms with Crippen LogP contribution in [0.15, 0.2) is 22.9 Å². The molecule has 2 rings (SSSR count). The van der Waals surface area contributed by atoms with Crippen LogP contribution in [-0.4, -0.2) is 6.54 Å². The molecular weight excluding hydrogens is 246 g/mol. The fourth-order valence-electron chi connectivity index (χ4n) is 1.85. The fourth-order valence-corrected chi connectivity index (χ4v) is 3.69. The summed E-state index contributed by atoms with van der Waals surface area (Å²) in [5.74, 6) is 0. The summed E-state index contributed by atoms with van der Waals surface area (Å²) in [6.45, 7) is 7.67. The van der Waals surface area contributed by atoms with Crippen LogP contribution in [0.2, 0.25) is 0 Å². The first kappa shape index (κ1) is 12.8. The Hall–Kier alpha value is -0.640. The first-order valence-electron chi connectivity index (χ1n) is 6.04. The van der Waals surface area contributed by atoms with E-state index in [1.165, 1.54) is 27.3 Å². The van der Waals surface area contributed by atoms with Gasteiger partial charge in [-0.05, 0) is 60.8 Å². The molecular formula is C14H19NS2. The van der Waals surface area contributed by atoms with Gasteiger partial charge in [0.25, 0.3) is 0 Å². The summed E-state index contributed by atoms with van der Waals surface area (Å²) in [6.07, 6.45) is 1.17. The van der Waals surface area contributed by atoms with Gasteiger partial charge in [-0.2, -0.15) is 11.3 Å². The second-order valence-corrected chi connectivity index (χ2v) is 6.40. The van der Waals surface area contributed by atoms with Gasteiger partial charge in [-0.3, -0.25) is 0 Å².